The Hall–Kier alpha value is -2.13. The molecule has 0 aliphatic carbocycles. The van der Waals surface area contributed by atoms with Gasteiger partial charge in [0.15, 0.2) is 5.82 Å². The van der Waals surface area contributed by atoms with Crippen LogP contribution in [0.25, 0.3) is 0 Å². The Balaban J connectivity index is 2.14. The first-order valence-electron chi connectivity index (χ1n) is 5.78. The predicted molar refractivity (Wildman–Crippen MR) is 73.5 cm³/mol. The fourth-order valence-corrected chi connectivity index (χ4v) is 2.33. The van der Waals surface area contributed by atoms with E-state index in [2.05, 4.69) is 20.2 Å². The molecule has 0 amide bonds. The lowest BCUT2D eigenvalue weighted by Gasteiger charge is -2.09. The van der Waals surface area contributed by atoms with Crippen LogP contribution in [-0.4, -0.2) is 25.6 Å². The molecule has 0 aliphatic heterocycles. The van der Waals surface area contributed by atoms with Crippen molar-refractivity contribution in [1.82, 2.24) is 14.9 Å². The first-order chi connectivity index (χ1) is 9.42. The molecule has 0 radical (unpaired) electrons. The van der Waals surface area contributed by atoms with Crippen molar-refractivity contribution in [3.05, 3.63) is 29.9 Å². The molecule has 1 heterocycles. The van der Waals surface area contributed by atoms with Gasteiger partial charge >= 0.3 is 0 Å². The van der Waals surface area contributed by atoms with Crippen molar-refractivity contribution < 1.29 is 12.9 Å². The van der Waals surface area contributed by atoms with Crippen LogP contribution < -0.4 is 15.8 Å². The van der Waals surface area contributed by atoms with Gasteiger partial charge in [0, 0.05) is 0 Å². The van der Waals surface area contributed by atoms with E-state index in [1.807, 2.05) is 0 Å². The van der Waals surface area contributed by atoms with E-state index < -0.39 is 10.0 Å². The van der Waals surface area contributed by atoms with Gasteiger partial charge in [0.2, 0.25) is 15.9 Å². The zero-order valence-corrected chi connectivity index (χ0v) is 11.9. The molecule has 0 spiro atoms. The van der Waals surface area contributed by atoms with Gasteiger partial charge in [-0.05, 0) is 32.2 Å². The Kier molecular flexibility index (Phi) is 3.91. The number of rotatable bonds is 5. The smallest absolute Gasteiger partial charge is 0.245 e. The van der Waals surface area contributed by atoms with Gasteiger partial charge in [0.1, 0.15) is 0 Å². The van der Waals surface area contributed by atoms with Crippen LogP contribution in [0.3, 0.4) is 0 Å². The largest absolute Gasteiger partial charge is 0.397 e. The lowest BCUT2D eigenvalue weighted by molar-refractivity contribution is 0.379. The quantitative estimate of drug-likeness (QED) is 0.686. The Morgan fingerprint density at radius 2 is 2.15 bits per heavy atom. The van der Waals surface area contributed by atoms with Crippen molar-refractivity contribution in [3.63, 3.8) is 0 Å². The van der Waals surface area contributed by atoms with E-state index >= 15 is 0 Å². The van der Waals surface area contributed by atoms with E-state index in [0.29, 0.717) is 29.6 Å². The van der Waals surface area contributed by atoms with Gasteiger partial charge in [-0.2, -0.15) is 4.98 Å². The third-order valence-electron chi connectivity index (χ3n) is 2.60. The number of sulfonamides is 1. The summed E-state index contributed by atoms with van der Waals surface area (Å²) in [7, 11) is -2.16. The zero-order valence-electron chi connectivity index (χ0n) is 11.0. The minimum absolute atomic E-state index is 0.108. The van der Waals surface area contributed by atoms with Gasteiger partial charge in [0.05, 0.1) is 22.8 Å². The molecule has 0 fully saturated rings. The number of aromatic nitrogens is 2. The number of nitrogen functional groups attached to an aromatic ring is 1. The van der Waals surface area contributed by atoms with Crippen molar-refractivity contribution in [2.24, 2.45) is 0 Å². The average molecular weight is 297 g/mol. The number of hydrogen-bond donors (Lipinski definition) is 3. The van der Waals surface area contributed by atoms with Crippen LogP contribution >= 0.6 is 0 Å². The third-order valence-corrected chi connectivity index (χ3v) is 4.01. The molecule has 1 aromatic carbocycles. The number of nitrogens with one attached hydrogen (secondary N) is 2. The van der Waals surface area contributed by atoms with Crippen molar-refractivity contribution in [2.45, 2.75) is 18.4 Å². The van der Waals surface area contributed by atoms with Crippen LogP contribution in [0.5, 0.6) is 0 Å². The topological polar surface area (TPSA) is 123 Å². The summed E-state index contributed by atoms with van der Waals surface area (Å²) >= 11 is 0. The molecule has 2 rings (SSSR count). The van der Waals surface area contributed by atoms with Crippen LogP contribution in [0.4, 0.5) is 11.4 Å². The maximum absolute atomic E-state index is 11.6. The van der Waals surface area contributed by atoms with Crippen LogP contribution in [0.2, 0.25) is 0 Å². The first kappa shape index (κ1) is 14.3. The van der Waals surface area contributed by atoms with Gasteiger partial charge in [-0.25, -0.2) is 13.1 Å². The summed E-state index contributed by atoms with van der Waals surface area (Å²) < 4.78 is 30.4. The maximum atomic E-state index is 11.6. The highest BCUT2D eigenvalue weighted by molar-refractivity contribution is 7.89. The molecule has 0 saturated carbocycles. The Morgan fingerprint density at radius 3 is 2.70 bits per heavy atom. The van der Waals surface area contributed by atoms with Crippen molar-refractivity contribution >= 4 is 21.4 Å². The number of aryl methyl sites for hydroxylation is 1. The third kappa shape index (κ3) is 3.06. The fraction of sp³-hybridized carbons (Fsp3) is 0.273. The second kappa shape index (κ2) is 5.47. The molecule has 8 nitrogen and oxygen atoms in total. The second-order valence-electron chi connectivity index (χ2n) is 4.05. The van der Waals surface area contributed by atoms with Gasteiger partial charge in [0.25, 0.3) is 0 Å². The highest BCUT2D eigenvalue weighted by atomic mass is 32.2. The molecule has 0 unspecified atom stereocenters. The normalized spacial score (nSPS) is 11.5. The maximum Gasteiger partial charge on any atom is 0.245 e. The lowest BCUT2D eigenvalue weighted by atomic mass is 10.2. The summed E-state index contributed by atoms with van der Waals surface area (Å²) in [6.07, 6.45) is 0. The highest BCUT2D eigenvalue weighted by Crippen LogP contribution is 2.22. The Bertz CT molecular complexity index is 711. The average Bonchev–Trinajstić information content (AvgIpc) is 2.83. The van der Waals surface area contributed by atoms with Crippen LogP contribution in [0.15, 0.2) is 27.6 Å². The molecule has 0 atom stereocenters. The van der Waals surface area contributed by atoms with Crippen molar-refractivity contribution in [3.8, 4) is 0 Å². The summed E-state index contributed by atoms with van der Waals surface area (Å²) in [5, 5.41) is 6.67. The Labute approximate surface area is 116 Å². The van der Waals surface area contributed by atoms with E-state index in [-0.39, 0.29) is 4.90 Å². The van der Waals surface area contributed by atoms with Gasteiger partial charge in [-0.1, -0.05) is 5.16 Å². The Morgan fingerprint density at radius 1 is 1.40 bits per heavy atom. The molecular formula is C11H15N5O3S. The zero-order chi connectivity index (χ0) is 14.8. The van der Waals surface area contributed by atoms with Crippen LogP contribution in [0, 0.1) is 6.92 Å². The number of hydrogen-bond acceptors (Lipinski definition) is 7. The molecule has 4 N–H and O–H groups in total. The lowest BCUT2D eigenvalue weighted by Crippen LogP contribution is -2.18. The van der Waals surface area contributed by atoms with E-state index in [9.17, 15) is 8.42 Å². The number of benzene rings is 1. The second-order valence-corrected chi connectivity index (χ2v) is 5.93. The van der Waals surface area contributed by atoms with Gasteiger partial charge in [-0.15, -0.1) is 0 Å². The molecule has 0 bridgehead atoms. The summed E-state index contributed by atoms with van der Waals surface area (Å²) in [5.74, 6) is 0.971. The van der Waals surface area contributed by atoms with Gasteiger partial charge in [-0.3, -0.25) is 0 Å². The number of nitrogens with zero attached hydrogens (tertiary/aromatic N) is 2. The highest BCUT2D eigenvalue weighted by Gasteiger charge is 2.13. The first-order valence-corrected chi connectivity index (χ1v) is 7.27. The van der Waals surface area contributed by atoms with E-state index in [0.717, 1.165) is 0 Å². The van der Waals surface area contributed by atoms with Crippen LogP contribution in [0.1, 0.15) is 11.7 Å². The molecule has 1 aromatic heterocycles. The fourth-order valence-electron chi connectivity index (χ4n) is 1.57. The van der Waals surface area contributed by atoms with E-state index in [1.165, 1.54) is 19.2 Å². The summed E-state index contributed by atoms with van der Waals surface area (Å²) in [6.45, 7) is 2.03. The predicted octanol–water partition coefficient (Wildman–Crippen LogP) is 0.480. The number of anilines is 2. The van der Waals surface area contributed by atoms with E-state index in [4.69, 9.17) is 10.3 Å². The van der Waals surface area contributed by atoms with E-state index in [1.54, 1.807) is 13.0 Å². The molecule has 2 aromatic rings. The van der Waals surface area contributed by atoms with Crippen molar-refractivity contribution in [2.75, 3.05) is 18.1 Å². The summed E-state index contributed by atoms with van der Waals surface area (Å²) in [4.78, 5) is 4.15. The van der Waals surface area contributed by atoms with Gasteiger partial charge < -0.3 is 15.6 Å². The minimum Gasteiger partial charge on any atom is -0.397 e. The molecule has 20 heavy (non-hydrogen) atoms. The summed E-state index contributed by atoms with van der Waals surface area (Å²) in [5.41, 5.74) is 6.73. The monoisotopic (exact) mass is 297 g/mol. The number of nitrogens with two attached hydrogens (primary N) is 1. The van der Waals surface area contributed by atoms with Crippen LogP contribution in [-0.2, 0) is 16.6 Å². The molecule has 9 heteroatoms. The standard InChI is InChI=1S/C11H15N5O3S/c1-7-15-11(19-16-7)6-14-10-4-3-8(5-9(10)12)20(17,18)13-2/h3-5,13-14H,6,12H2,1-2H3. The SMILES string of the molecule is CNS(=O)(=O)c1ccc(NCc2nc(C)no2)c(N)c1. The van der Waals surface area contributed by atoms with Crippen molar-refractivity contribution in [1.29, 1.82) is 0 Å². The summed E-state index contributed by atoms with van der Waals surface area (Å²) in [6, 6.07) is 4.43. The molecule has 0 aliphatic rings. The molecule has 0 saturated heterocycles. The molecular weight excluding hydrogens is 282 g/mol. The minimum atomic E-state index is -3.50. The molecule has 108 valence electrons.